The Hall–Kier alpha value is -3.60. The monoisotopic (exact) mass is 550 g/mol. The van der Waals surface area contributed by atoms with Gasteiger partial charge in [0.25, 0.3) is 5.91 Å². The van der Waals surface area contributed by atoms with E-state index in [1.165, 1.54) is 19.0 Å². The molecule has 4 N–H and O–H groups in total. The normalized spacial score (nSPS) is 17.2. The third-order valence-electron chi connectivity index (χ3n) is 7.51. The molecule has 3 heterocycles. The molecule has 0 bridgehead atoms. The van der Waals surface area contributed by atoms with Gasteiger partial charge in [0.05, 0.1) is 30.2 Å². The predicted molar refractivity (Wildman–Crippen MR) is 156 cm³/mol. The van der Waals surface area contributed by atoms with Crippen LogP contribution in [0.2, 0.25) is 5.02 Å². The van der Waals surface area contributed by atoms with Crippen LogP contribution in [0.15, 0.2) is 48.7 Å². The van der Waals surface area contributed by atoms with E-state index in [2.05, 4.69) is 54.5 Å². The summed E-state index contributed by atoms with van der Waals surface area (Å²) >= 11 is 6.35. The molecule has 5 rings (SSSR count). The highest BCUT2D eigenvalue weighted by atomic mass is 35.5. The molecular weight excluding hydrogens is 516 g/mol. The Balaban J connectivity index is 1.26. The highest BCUT2D eigenvalue weighted by Crippen LogP contribution is 2.34. The molecule has 2 aromatic carbocycles. The molecule has 0 saturated carbocycles. The molecule has 0 aliphatic carbocycles. The Morgan fingerprint density at radius 3 is 2.49 bits per heavy atom. The van der Waals surface area contributed by atoms with Gasteiger partial charge in [0.15, 0.2) is 5.82 Å². The molecule has 2 fully saturated rings. The molecule has 0 atom stereocenters. The fourth-order valence-electron chi connectivity index (χ4n) is 5.23. The van der Waals surface area contributed by atoms with Crippen molar-refractivity contribution >= 4 is 46.3 Å². The van der Waals surface area contributed by atoms with Crippen molar-refractivity contribution in [2.24, 2.45) is 5.73 Å². The van der Waals surface area contributed by atoms with Gasteiger partial charge in [-0.15, -0.1) is 0 Å². The van der Waals surface area contributed by atoms with Crippen LogP contribution >= 0.6 is 11.6 Å². The number of halogens is 1. The van der Waals surface area contributed by atoms with Crippen LogP contribution < -0.4 is 26.0 Å². The number of hydrogen-bond acceptors (Lipinski definition) is 9. The van der Waals surface area contributed by atoms with Gasteiger partial charge < -0.3 is 30.9 Å². The van der Waals surface area contributed by atoms with E-state index < -0.39 is 5.91 Å². The van der Waals surface area contributed by atoms with Crippen LogP contribution in [-0.2, 0) is 0 Å². The van der Waals surface area contributed by atoms with Crippen molar-refractivity contribution in [1.29, 1.82) is 0 Å². The van der Waals surface area contributed by atoms with Crippen molar-refractivity contribution in [2.75, 3.05) is 69.0 Å². The minimum Gasteiger partial charge on any atom is -0.494 e. The maximum Gasteiger partial charge on any atom is 0.250 e. The highest BCUT2D eigenvalue weighted by molar-refractivity contribution is 6.33. The number of nitrogens with two attached hydrogens (primary N) is 1. The number of ether oxygens (including phenoxy) is 1. The number of piperidine rings is 1. The zero-order valence-corrected chi connectivity index (χ0v) is 23.1. The lowest BCUT2D eigenvalue weighted by molar-refractivity contribution is 0.0982. The number of carbonyl (C=O) groups is 1. The number of nitrogens with zero attached hydrogens (tertiary/aromatic N) is 5. The maximum atomic E-state index is 11.8. The van der Waals surface area contributed by atoms with Gasteiger partial charge in [0.2, 0.25) is 5.95 Å². The van der Waals surface area contributed by atoms with E-state index in [4.69, 9.17) is 22.1 Å². The van der Waals surface area contributed by atoms with Gasteiger partial charge in [-0.1, -0.05) is 23.7 Å². The van der Waals surface area contributed by atoms with Gasteiger partial charge in [-0.25, -0.2) is 4.98 Å². The second kappa shape index (κ2) is 12.1. The summed E-state index contributed by atoms with van der Waals surface area (Å²) in [5, 5.41) is 6.63. The number of methoxy groups -OCH3 is 1. The Morgan fingerprint density at radius 2 is 1.77 bits per heavy atom. The number of nitrogens with one attached hydrogen (secondary N) is 2. The molecule has 2 aliphatic heterocycles. The topological polar surface area (TPSA) is 112 Å². The fourth-order valence-corrected chi connectivity index (χ4v) is 5.36. The summed E-state index contributed by atoms with van der Waals surface area (Å²) in [7, 11) is 3.85. The minimum atomic E-state index is -0.546. The van der Waals surface area contributed by atoms with Gasteiger partial charge in [-0.05, 0) is 44.2 Å². The quantitative estimate of drug-likeness (QED) is 0.384. The Bertz CT molecular complexity index is 1310. The summed E-state index contributed by atoms with van der Waals surface area (Å²) in [6, 6.07) is 13.7. The number of amides is 1. The van der Waals surface area contributed by atoms with Crippen molar-refractivity contribution < 1.29 is 9.53 Å². The van der Waals surface area contributed by atoms with E-state index in [1.807, 2.05) is 6.07 Å². The first-order chi connectivity index (χ1) is 18.9. The van der Waals surface area contributed by atoms with E-state index in [9.17, 15) is 4.79 Å². The zero-order valence-electron chi connectivity index (χ0n) is 22.4. The summed E-state index contributed by atoms with van der Waals surface area (Å²) in [6.45, 7) is 6.68. The number of hydrogen-bond donors (Lipinski definition) is 3. The Morgan fingerprint density at radius 1 is 1.03 bits per heavy atom. The van der Waals surface area contributed by atoms with Crippen molar-refractivity contribution in [3.63, 3.8) is 0 Å². The number of benzene rings is 2. The molecular formula is C28H35ClN8O2. The van der Waals surface area contributed by atoms with E-state index in [0.717, 1.165) is 50.6 Å². The fraction of sp³-hybridized carbons (Fsp3) is 0.393. The van der Waals surface area contributed by atoms with Crippen LogP contribution in [0.1, 0.15) is 23.2 Å². The number of primary amides is 1. The number of likely N-dealkylation sites (N-methyl/N-ethyl adjacent to an activating group) is 1. The smallest absolute Gasteiger partial charge is 0.250 e. The molecule has 11 heteroatoms. The molecule has 0 radical (unpaired) electrons. The Labute approximate surface area is 234 Å². The lowest BCUT2D eigenvalue weighted by Gasteiger charge is -2.42. The number of anilines is 5. The zero-order chi connectivity index (χ0) is 27.4. The van der Waals surface area contributed by atoms with Gasteiger partial charge in [-0.3, -0.25) is 9.69 Å². The summed E-state index contributed by atoms with van der Waals surface area (Å²) in [4.78, 5) is 28.1. The maximum absolute atomic E-state index is 11.8. The standard InChI is InChI=1S/C28H35ClN8O2/c1-35-13-15-37(16-14-35)19-9-11-36(12-10-19)20-7-8-24(25(17-20)39-2)33-28-31-18-22(29)27(34-28)32-23-6-4-3-5-21(23)26(30)38/h3-8,17-19H,9-16H2,1-2H3,(H2,30,38)(H2,31,32,33,34). The third kappa shape index (κ3) is 6.35. The molecule has 1 aromatic heterocycles. The molecule has 2 aliphatic rings. The molecule has 2 saturated heterocycles. The van der Waals surface area contributed by atoms with Crippen LogP contribution in [0.3, 0.4) is 0 Å². The molecule has 0 spiro atoms. The summed E-state index contributed by atoms with van der Waals surface area (Å²) in [5.41, 5.74) is 8.22. The van der Waals surface area contributed by atoms with Crippen LogP contribution in [0, 0.1) is 0 Å². The lowest BCUT2D eigenvalue weighted by atomic mass is 10.0. The highest BCUT2D eigenvalue weighted by Gasteiger charge is 2.27. The average molecular weight is 551 g/mol. The number of aromatic nitrogens is 2. The van der Waals surface area contributed by atoms with Gasteiger partial charge in [0, 0.05) is 57.1 Å². The van der Waals surface area contributed by atoms with Gasteiger partial charge >= 0.3 is 0 Å². The van der Waals surface area contributed by atoms with Crippen molar-refractivity contribution in [3.8, 4) is 5.75 Å². The SMILES string of the molecule is COc1cc(N2CCC(N3CCN(C)CC3)CC2)ccc1Nc1ncc(Cl)c(Nc2ccccc2C(N)=O)n1. The van der Waals surface area contributed by atoms with Crippen LogP contribution in [0.5, 0.6) is 5.75 Å². The molecule has 10 nitrogen and oxygen atoms in total. The van der Waals surface area contributed by atoms with Crippen molar-refractivity contribution in [1.82, 2.24) is 19.8 Å². The second-order valence-corrected chi connectivity index (χ2v) is 10.4. The van der Waals surface area contributed by atoms with Crippen LogP contribution in [0.25, 0.3) is 0 Å². The van der Waals surface area contributed by atoms with Gasteiger partial charge in [-0.2, -0.15) is 4.98 Å². The average Bonchev–Trinajstić information content (AvgIpc) is 2.96. The predicted octanol–water partition coefficient (Wildman–Crippen LogP) is 3.94. The first-order valence-corrected chi connectivity index (χ1v) is 13.6. The summed E-state index contributed by atoms with van der Waals surface area (Å²) in [6.07, 6.45) is 3.83. The first-order valence-electron chi connectivity index (χ1n) is 13.2. The van der Waals surface area contributed by atoms with Crippen LogP contribution in [-0.4, -0.2) is 85.1 Å². The van der Waals surface area contributed by atoms with Crippen LogP contribution in [0.4, 0.5) is 28.8 Å². The minimum absolute atomic E-state index is 0.308. The molecule has 0 unspecified atom stereocenters. The van der Waals surface area contributed by atoms with E-state index in [0.29, 0.717) is 39.8 Å². The molecule has 39 heavy (non-hydrogen) atoms. The number of piperazine rings is 1. The first kappa shape index (κ1) is 27.0. The second-order valence-electron chi connectivity index (χ2n) is 9.99. The third-order valence-corrected chi connectivity index (χ3v) is 7.78. The van der Waals surface area contributed by atoms with Crippen molar-refractivity contribution in [3.05, 3.63) is 59.2 Å². The molecule has 1 amide bonds. The van der Waals surface area contributed by atoms with Gasteiger partial charge in [0.1, 0.15) is 10.8 Å². The number of rotatable bonds is 8. The van der Waals surface area contributed by atoms with Crippen molar-refractivity contribution in [2.45, 2.75) is 18.9 Å². The number of para-hydroxylation sites is 1. The van der Waals surface area contributed by atoms with E-state index in [1.54, 1.807) is 31.4 Å². The Kier molecular flexibility index (Phi) is 8.35. The molecule has 206 valence electrons. The summed E-state index contributed by atoms with van der Waals surface area (Å²) in [5.74, 6) is 0.829. The summed E-state index contributed by atoms with van der Waals surface area (Å²) < 4.78 is 5.72. The van der Waals surface area contributed by atoms with E-state index in [-0.39, 0.29) is 0 Å². The molecule has 3 aromatic rings. The largest absolute Gasteiger partial charge is 0.494 e. The van der Waals surface area contributed by atoms with E-state index >= 15 is 0 Å². The number of carbonyl (C=O) groups excluding carboxylic acids is 1. The lowest BCUT2D eigenvalue weighted by Crippen LogP contribution is -2.52.